The van der Waals surface area contributed by atoms with E-state index < -0.39 is 0 Å². The molecular formula is C14H21ClO5. The summed E-state index contributed by atoms with van der Waals surface area (Å²) in [5.41, 5.74) is 0. The maximum atomic E-state index is 8.48. The van der Waals surface area contributed by atoms with Crippen LogP contribution in [-0.2, 0) is 14.2 Å². The summed E-state index contributed by atoms with van der Waals surface area (Å²) in [6, 6.07) is 7.32. The van der Waals surface area contributed by atoms with Crippen molar-refractivity contribution in [3.05, 3.63) is 29.3 Å². The summed E-state index contributed by atoms with van der Waals surface area (Å²) in [6.45, 7) is 3.31. The average Bonchev–Trinajstić information content (AvgIpc) is 2.46. The Kier molecular flexibility index (Phi) is 10.3. The summed E-state index contributed by atoms with van der Waals surface area (Å²) < 4.78 is 21.1. The molecule has 0 radical (unpaired) electrons. The minimum atomic E-state index is 0.0363. The van der Waals surface area contributed by atoms with Crippen molar-refractivity contribution in [3.63, 3.8) is 0 Å². The maximum Gasteiger partial charge on any atom is 0.138 e. The molecule has 1 aromatic rings. The molecule has 1 rings (SSSR count). The maximum absolute atomic E-state index is 8.48. The first-order valence-corrected chi connectivity index (χ1v) is 6.94. The van der Waals surface area contributed by atoms with Gasteiger partial charge in [0.15, 0.2) is 0 Å². The molecule has 0 aromatic heterocycles. The van der Waals surface area contributed by atoms with Crippen LogP contribution in [-0.4, -0.2) is 58.0 Å². The topological polar surface area (TPSA) is 57.2 Å². The molecule has 1 aromatic carbocycles. The van der Waals surface area contributed by atoms with Crippen molar-refractivity contribution in [1.82, 2.24) is 0 Å². The molecule has 0 atom stereocenters. The van der Waals surface area contributed by atoms with E-state index in [9.17, 15) is 0 Å². The number of aliphatic hydroxyl groups is 1. The highest BCUT2D eigenvalue weighted by Gasteiger charge is 1.98. The van der Waals surface area contributed by atoms with Crippen molar-refractivity contribution >= 4 is 11.6 Å². The molecule has 0 amide bonds. The van der Waals surface area contributed by atoms with Crippen LogP contribution in [0.5, 0.6) is 5.75 Å². The third-order valence-corrected chi connectivity index (χ3v) is 2.61. The van der Waals surface area contributed by atoms with Crippen LogP contribution in [0.15, 0.2) is 24.3 Å². The zero-order valence-corrected chi connectivity index (χ0v) is 12.2. The number of benzene rings is 1. The first-order chi connectivity index (χ1) is 9.84. The van der Waals surface area contributed by atoms with Crippen LogP contribution in [0, 0.1) is 0 Å². The minimum absolute atomic E-state index is 0.0363. The van der Waals surface area contributed by atoms with Crippen LogP contribution >= 0.6 is 11.6 Å². The van der Waals surface area contributed by atoms with E-state index in [1.165, 1.54) is 0 Å². The Balaban J connectivity index is 1.87. The average molecular weight is 305 g/mol. The highest BCUT2D eigenvalue weighted by Crippen LogP contribution is 2.22. The van der Waals surface area contributed by atoms with E-state index in [0.717, 1.165) is 0 Å². The van der Waals surface area contributed by atoms with Crippen LogP contribution in [0.3, 0.4) is 0 Å². The van der Waals surface area contributed by atoms with E-state index in [1.807, 2.05) is 18.2 Å². The fraction of sp³-hybridized carbons (Fsp3) is 0.571. The molecule has 0 saturated heterocycles. The first-order valence-electron chi connectivity index (χ1n) is 6.56. The molecule has 114 valence electrons. The number of ether oxygens (including phenoxy) is 4. The van der Waals surface area contributed by atoms with Gasteiger partial charge in [-0.05, 0) is 12.1 Å². The minimum Gasteiger partial charge on any atom is -0.490 e. The molecule has 0 aliphatic carbocycles. The van der Waals surface area contributed by atoms with E-state index in [4.69, 9.17) is 35.7 Å². The Hall–Kier alpha value is -0.850. The van der Waals surface area contributed by atoms with Gasteiger partial charge in [-0.2, -0.15) is 0 Å². The van der Waals surface area contributed by atoms with Gasteiger partial charge in [-0.15, -0.1) is 0 Å². The van der Waals surface area contributed by atoms with Crippen molar-refractivity contribution in [2.24, 2.45) is 0 Å². The molecule has 5 nitrogen and oxygen atoms in total. The zero-order valence-electron chi connectivity index (χ0n) is 11.4. The highest BCUT2D eigenvalue weighted by molar-refractivity contribution is 6.32. The van der Waals surface area contributed by atoms with Crippen molar-refractivity contribution < 1.29 is 24.1 Å². The van der Waals surface area contributed by atoms with E-state index >= 15 is 0 Å². The molecular weight excluding hydrogens is 284 g/mol. The lowest BCUT2D eigenvalue weighted by atomic mass is 10.3. The Labute approximate surface area is 124 Å². The van der Waals surface area contributed by atoms with Gasteiger partial charge in [0.1, 0.15) is 12.4 Å². The predicted molar refractivity (Wildman–Crippen MR) is 76.5 cm³/mol. The van der Waals surface area contributed by atoms with Crippen LogP contribution in [0.2, 0.25) is 5.02 Å². The number of hydrogen-bond donors (Lipinski definition) is 1. The molecule has 0 heterocycles. The Morgan fingerprint density at radius 2 is 1.35 bits per heavy atom. The Morgan fingerprint density at radius 1 is 0.800 bits per heavy atom. The second-order valence-electron chi connectivity index (χ2n) is 3.84. The summed E-state index contributed by atoms with van der Waals surface area (Å²) in [6.07, 6.45) is 0. The van der Waals surface area contributed by atoms with Crippen LogP contribution in [0.4, 0.5) is 0 Å². The molecule has 0 fully saturated rings. The number of para-hydroxylation sites is 1. The van der Waals surface area contributed by atoms with Crippen LogP contribution < -0.4 is 4.74 Å². The van der Waals surface area contributed by atoms with Crippen molar-refractivity contribution in [2.75, 3.05) is 52.9 Å². The van der Waals surface area contributed by atoms with E-state index in [1.54, 1.807) is 6.07 Å². The number of hydrogen-bond acceptors (Lipinski definition) is 5. The van der Waals surface area contributed by atoms with Gasteiger partial charge in [0.05, 0.1) is 51.3 Å². The molecule has 0 unspecified atom stereocenters. The highest BCUT2D eigenvalue weighted by atomic mass is 35.5. The third-order valence-electron chi connectivity index (χ3n) is 2.30. The van der Waals surface area contributed by atoms with Gasteiger partial charge in [0.2, 0.25) is 0 Å². The Morgan fingerprint density at radius 3 is 1.95 bits per heavy atom. The standard InChI is InChI=1S/C14H21ClO5/c15-13-3-1-2-4-14(13)20-12-11-19-10-9-18-8-7-17-6-5-16/h1-4,16H,5-12H2. The molecule has 0 spiro atoms. The number of aliphatic hydroxyl groups excluding tert-OH is 1. The monoisotopic (exact) mass is 304 g/mol. The lowest BCUT2D eigenvalue weighted by Crippen LogP contribution is -2.13. The fourth-order valence-corrected chi connectivity index (χ4v) is 1.57. The molecule has 1 N–H and O–H groups in total. The first kappa shape index (κ1) is 17.2. The van der Waals surface area contributed by atoms with Gasteiger partial charge in [0, 0.05) is 0 Å². The van der Waals surface area contributed by atoms with E-state index in [-0.39, 0.29) is 6.61 Å². The van der Waals surface area contributed by atoms with Gasteiger partial charge >= 0.3 is 0 Å². The molecule has 0 bridgehead atoms. The predicted octanol–water partition coefficient (Wildman–Crippen LogP) is 1.76. The lowest BCUT2D eigenvalue weighted by Gasteiger charge is -2.08. The quantitative estimate of drug-likeness (QED) is 0.596. The van der Waals surface area contributed by atoms with Crippen molar-refractivity contribution in [2.45, 2.75) is 0 Å². The molecule has 6 heteroatoms. The zero-order chi connectivity index (χ0) is 14.5. The number of rotatable bonds is 12. The summed E-state index contributed by atoms with van der Waals surface area (Å²) in [4.78, 5) is 0. The van der Waals surface area contributed by atoms with E-state index in [0.29, 0.717) is 57.0 Å². The summed E-state index contributed by atoms with van der Waals surface area (Å²) >= 11 is 5.94. The van der Waals surface area contributed by atoms with E-state index in [2.05, 4.69) is 0 Å². The molecule has 20 heavy (non-hydrogen) atoms. The SMILES string of the molecule is OCCOCCOCCOCCOc1ccccc1Cl. The summed E-state index contributed by atoms with van der Waals surface area (Å²) in [5, 5.41) is 9.08. The Bertz CT molecular complexity index is 348. The molecule has 0 aliphatic heterocycles. The molecule has 0 aliphatic rings. The van der Waals surface area contributed by atoms with Gasteiger partial charge in [0.25, 0.3) is 0 Å². The smallest absolute Gasteiger partial charge is 0.138 e. The third kappa shape index (κ3) is 8.35. The second-order valence-corrected chi connectivity index (χ2v) is 4.25. The summed E-state index contributed by atoms with van der Waals surface area (Å²) in [5.74, 6) is 0.662. The number of halogens is 1. The largest absolute Gasteiger partial charge is 0.490 e. The lowest BCUT2D eigenvalue weighted by molar-refractivity contribution is 0.00361. The van der Waals surface area contributed by atoms with Gasteiger partial charge in [-0.25, -0.2) is 0 Å². The van der Waals surface area contributed by atoms with Gasteiger partial charge < -0.3 is 24.1 Å². The van der Waals surface area contributed by atoms with Gasteiger partial charge in [-0.3, -0.25) is 0 Å². The molecule has 0 saturated carbocycles. The van der Waals surface area contributed by atoms with Crippen LogP contribution in [0.1, 0.15) is 0 Å². The normalized spacial score (nSPS) is 10.7. The van der Waals surface area contributed by atoms with Crippen molar-refractivity contribution in [3.8, 4) is 5.75 Å². The van der Waals surface area contributed by atoms with Gasteiger partial charge in [-0.1, -0.05) is 23.7 Å². The second kappa shape index (κ2) is 11.9. The summed E-state index contributed by atoms with van der Waals surface area (Å²) in [7, 11) is 0. The van der Waals surface area contributed by atoms with Crippen LogP contribution in [0.25, 0.3) is 0 Å². The van der Waals surface area contributed by atoms with Crippen molar-refractivity contribution in [1.29, 1.82) is 0 Å². The fourth-order valence-electron chi connectivity index (χ4n) is 1.38.